The van der Waals surface area contributed by atoms with E-state index in [0.717, 1.165) is 11.1 Å². The minimum absolute atomic E-state index is 0.00860. The fraction of sp³-hybridized carbons (Fsp3) is 0.548. The lowest BCUT2D eigenvalue weighted by Crippen LogP contribution is -2.59. The number of carbonyl (C=O) groups excluding carboxylic acids is 1. The molecule has 2 fully saturated rings. The van der Waals surface area contributed by atoms with Crippen LogP contribution in [0.2, 0.25) is 5.02 Å². The molecule has 8 heteroatoms. The van der Waals surface area contributed by atoms with Gasteiger partial charge in [0.1, 0.15) is 11.9 Å². The van der Waals surface area contributed by atoms with Crippen molar-refractivity contribution in [2.45, 2.75) is 71.5 Å². The third-order valence-electron chi connectivity index (χ3n) is 8.62. The summed E-state index contributed by atoms with van der Waals surface area (Å²) in [5.74, 6) is -1.89. The maximum atomic E-state index is 15.0. The van der Waals surface area contributed by atoms with E-state index in [1.807, 2.05) is 42.7 Å². The van der Waals surface area contributed by atoms with Crippen molar-refractivity contribution >= 4 is 23.5 Å². The van der Waals surface area contributed by atoms with E-state index >= 15 is 4.39 Å². The molecule has 0 aromatic heterocycles. The van der Waals surface area contributed by atoms with Crippen molar-refractivity contribution in [3.63, 3.8) is 0 Å². The van der Waals surface area contributed by atoms with Gasteiger partial charge in [-0.15, -0.1) is 0 Å². The summed E-state index contributed by atoms with van der Waals surface area (Å²) < 4.78 is 15.0. The molecule has 2 aliphatic heterocycles. The summed E-state index contributed by atoms with van der Waals surface area (Å²) in [5.41, 5.74) is 3.68. The second-order valence-corrected chi connectivity index (χ2v) is 12.7. The van der Waals surface area contributed by atoms with Gasteiger partial charge in [0.25, 0.3) is 0 Å². The number of nitrogens with zero attached hydrogens (tertiary/aromatic N) is 3. The van der Waals surface area contributed by atoms with Crippen LogP contribution < -0.4 is 0 Å². The molecule has 0 spiro atoms. The smallest absolute Gasteiger partial charge is 0.321 e. The second-order valence-electron chi connectivity index (χ2n) is 12.3. The van der Waals surface area contributed by atoms with Gasteiger partial charge < -0.3 is 10.0 Å². The van der Waals surface area contributed by atoms with Crippen LogP contribution >= 0.6 is 11.6 Å². The van der Waals surface area contributed by atoms with Crippen molar-refractivity contribution in [2.75, 3.05) is 32.7 Å². The first-order chi connectivity index (χ1) is 18.3. The Labute approximate surface area is 236 Å². The van der Waals surface area contributed by atoms with Crippen LogP contribution in [0.3, 0.4) is 0 Å². The summed E-state index contributed by atoms with van der Waals surface area (Å²) in [7, 11) is 0. The van der Waals surface area contributed by atoms with Gasteiger partial charge >= 0.3 is 5.97 Å². The molecule has 0 aliphatic carbocycles. The van der Waals surface area contributed by atoms with E-state index in [2.05, 4.69) is 31.7 Å². The van der Waals surface area contributed by atoms with Crippen molar-refractivity contribution in [2.24, 2.45) is 5.92 Å². The first-order valence-corrected chi connectivity index (χ1v) is 14.2. The van der Waals surface area contributed by atoms with Crippen LogP contribution in [0.1, 0.15) is 55.9 Å². The van der Waals surface area contributed by atoms with Crippen molar-refractivity contribution in [1.82, 2.24) is 14.7 Å². The zero-order chi connectivity index (χ0) is 28.6. The molecule has 2 heterocycles. The molecule has 0 bridgehead atoms. The molecule has 2 aromatic rings. The average Bonchev–Trinajstić information content (AvgIpc) is 3.30. The van der Waals surface area contributed by atoms with E-state index in [1.54, 1.807) is 12.1 Å². The molecule has 6 nitrogen and oxygen atoms in total. The van der Waals surface area contributed by atoms with Crippen LogP contribution in [0.15, 0.2) is 36.4 Å². The van der Waals surface area contributed by atoms with Crippen molar-refractivity contribution in [3.05, 3.63) is 69.5 Å². The first-order valence-electron chi connectivity index (χ1n) is 13.8. The van der Waals surface area contributed by atoms with Gasteiger partial charge in [-0.05, 0) is 82.3 Å². The fourth-order valence-electron chi connectivity index (χ4n) is 6.05. The van der Waals surface area contributed by atoms with Crippen LogP contribution in [0.5, 0.6) is 0 Å². The predicted molar refractivity (Wildman–Crippen MR) is 153 cm³/mol. The number of benzene rings is 2. The fourth-order valence-corrected chi connectivity index (χ4v) is 6.21. The van der Waals surface area contributed by atoms with Gasteiger partial charge in [-0.3, -0.25) is 19.4 Å². The predicted octanol–water partition coefficient (Wildman–Crippen LogP) is 5.14. The van der Waals surface area contributed by atoms with E-state index < -0.39 is 12.0 Å². The molecule has 1 amide bonds. The highest BCUT2D eigenvalue weighted by Crippen LogP contribution is 2.39. The van der Waals surface area contributed by atoms with Gasteiger partial charge in [-0.1, -0.05) is 35.9 Å². The molecule has 212 valence electrons. The topological polar surface area (TPSA) is 64.1 Å². The van der Waals surface area contributed by atoms with Crippen molar-refractivity contribution in [1.29, 1.82) is 0 Å². The first kappa shape index (κ1) is 29.5. The normalized spacial score (nSPS) is 23.7. The van der Waals surface area contributed by atoms with Crippen LogP contribution in [-0.2, 0) is 16.0 Å². The summed E-state index contributed by atoms with van der Waals surface area (Å²) in [6, 6.07) is 9.99. The molecule has 39 heavy (non-hydrogen) atoms. The Morgan fingerprint density at radius 1 is 1.05 bits per heavy atom. The lowest BCUT2D eigenvalue weighted by molar-refractivity contribution is -0.147. The monoisotopic (exact) mass is 557 g/mol. The largest absolute Gasteiger partial charge is 0.480 e. The molecule has 0 radical (unpaired) electrons. The van der Waals surface area contributed by atoms with Gasteiger partial charge in [-0.2, -0.15) is 0 Å². The number of aryl methyl sites for hydroxylation is 2. The number of amides is 1. The van der Waals surface area contributed by atoms with E-state index in [0.29, 0.717) is 49.7 Å². The number of carboxylic acids is 1. The molecular formula is C31H41ClFN3O3. The summed E-state index contributed by atoms with van der Waals surface area (Å²) in [6.45, 7) is 14.9. The summed E-state index contributed by atoms with van der Waals surface area (Å²) in [4.78, 5) is 32.4. The number of carbonyl (C=O) groups is 2. The number of hydrogen-bond acceptors (Lipinski definition) is 4. The standard InChI is InChI=1S/C31H41ClFN3O3/c1-19-7-8-22(13-20(19)2)14-28(30(38)39)34-11-12-36(21(3)16-34)29(37)26-18-35(31(4,5)6)17-25(26)24-10-9-23(32)15-27(24)33/h7-10,13,15,21,25-26,28H,11-12,14,16-18H2,1-6H3,(H,38,39)/t21-,25-,26+,28-/m0/s1. The molecule has 4 rings (SSSR count). The molecule has 2 aliphatic rings. The number of hydrogen-bond donors (Lipinski definition) is 1. The maximum Gasteiger partial charge on any atom is 0.321 e. The Morgan fingerprint density at radius 2 is 1.77 bits per heavy atom. The summed E-state index contributed by atoms with van der Waals surface area (Å²) >= 11 is 6.02. The van der Waals surface area contributed by atoms with Gasteiger partial charge in [-0.25, -0.2) is 4.39 Å². The molecule has 2 aromatic carbocycles. The molecule has 0 saturated carbocycles. The quantitative estimate of drug-likeness (QED) is 0.533. The lowest BCUT2D eigenvalue weighted by atomic mass is 9.87. The zero-order valence-electron chi connectivity index (χ0n) is 23.9. The Hall–Kier alpha value is -2.48. The molecule has 2 saturated heterocycles. The second kappa shape index (κ2) is 11.6. The minimum Gasteiger partial charge on any atom is -0.480 e. The van der Waals surface area contributed by atoms with E-state index in [1.165, 1.54) is 11.6 Å². The minimum atomic E-state index is -0.852. The highest BCUT2D eigenvalue weighted by molar-refractivity contribution is 6.30. The van der Waals surface area contributed by atoms with E-state index in [-0.39, 0.29) is 35.1 Å². The van der Waals surface area contributed by atoms with Crippen molar-refractivity contribution < 1.29 is 19.1 Å². The maximum absolute atomic E-state index is 15.0. The van der Waals surface area contributed by atoms with Gasteiger partial charge in [0, 0.05) is 55.2 Å². The third-order valence-corrected chi connectivity index (χ3v) is 8.85. The van der Waals surface area contributed by atoms with Gasteiger partial charge in [0.15, 0.2) is 0 Å². The highest BCUT2D eigenvalue weighted by Gasteiger charge is 2.46. The van der Waals surface area contributed by atoms with Crippen LogP contribution in [-0.4, -0.2) is 82.0 Å². The Balaban J connectivity index is 1.51. The van der Waals surface area contributed by atoms with Gasteiger partial charge in [0.2, 0.25) is 5.91 Å². The number of carboxylic acid groups (broad SMARTS) is 1. The van der Waals surface area contributed by atoms with Crippen LogP contribution in [0, 0.1) is 25.6 Å². The number of piperazine rings is 1. The van der Waals surface area contributed by atoms with Crippen LogP contribution in [0.4, 0.5) is 4.39 Å². The van der Waals surface area contributed by atoms with Gasteiger partial charge in [0.05, 0.1) is 5.92 Å². The third kappa shape index (κ3) is 6.47. The molecule has 4 atom stereocenters. The zero-order valence-corrected chi connectivity index (χ0v) is 24.6. The lowest BCUT2D eigenvalue weighted by Gasteiger charge is -2.43. The number of rotatable bonds is 6. The van der Waals surface area contributed by atoms with Crippen LogP contribution in [0.25, 0.3) is 0 Å². The molecular weight excluding hydrogens is 517 g/mol. The molecule has 1 N–H and O–H groups in total. The number of likely N-dealkylation sites (tertiary alicyclic amines) is 1. The number of aliphatic carboxylic acids is 1. The summed E-state index contributed by atoms with van der Waals surface area (Å²) in [5, 5.41) is 10.4. The SMILES string of the molecule is Cc1ccc(C[C@@H](C(=O)O)N2CCN(C(=O)[C@@H]3CN(C(C)(C)C)C[C@H]3c3ccc(Cl)cc3F)[C@@H](C)C2)cc1C. The van der Waals surface area contributed by atoms with E-state index in [4.69, 9.17) is 11.6 Å². The summed E-state index contributed by atoms with van der Waals surface area (Å²) in [6.07, 6.45) is 0.415. The highest BCUT2D eigenvalue weighted by atomic mass is 35.5. The number of halogens is 2. The molecule has 0 unspecified atom stereocenters. The Bertz CT molecular complexity index is 1230. The average molecular weight is 558 g/mol. The Morgan fingerprint density at radius 3 is 2.36 bits per heavy atom. The van der Waals surface area contributed by atoms with E-state index in [9.17, 15) is 14.7 Å². The van der Waals surface area contributed by atoms with Crippen molar-refractivity contribution in [3.8, 4) is 0 Å². The Kier molecular flexibility index (Phi) is 8.74.